The predicted octanol–water partition coefficient (Wildman–Crippen LogP) is 5.95. The number of Topliss-reactive ketones (excluding diaryl/α,β-unsaturated/α-hetero) is 1. The van der Waals surface area contributed by atoms with Crippen LogP contribution in [0.25, 0.3) is 5.76 Å². The number of hydrogen-bond donors (Lipinski definition) is 1. The van der Waals surface area contributed by atoms with Crippen LogP contribution in [0.5, 0.6) is 17.2 Å². The van der Waals surface area contributed by atoms with Gasteiger partial charge in [-0.3, -0.25) is 14.5 Å². The molecule has 2 heterocycles. The zero-order valence-electron chi connectivity index (χ0n) is 22.9. The maximum atomic E-state index is 13.7. The first-order valence-electron chi connectivity index (χ1n) is 13.1. The molecule has 3 aromatic rings. The van der Waals surface area contributed by atoms with Crippen LogP contribution in [-0.4, -0.2) is 37.1 Å². The summed E-state index contributed by atoms with van der Waals surface area (Å²) >= 11 is 0. The van der Waals surface area contributed by atoms with Gasteiger partial charge in [-0.05, 0) is 52.8 Å². The molecule has 2 aliphatic heterocycles. The number of benzene rings is 3. The predicted molar refractivity (Wildman–Crippen MR) is 150 cm³/mol. The summed E-state index contributed by atoms with van der Waals surface area (Å²) in [5.74, 6) is -0.291. The zero-order chi connectivity index (χ0) is 27.9. The average Bonchev–Trinajstić information content (AvgIpc) is 3.21. The lowest BCUT2D eigenvalue weighted by molar-refractivity contribution is -0.132. The van der Waals surface area contributed by atoms with Crippen molar-refractivity contribution in [2.75, 3.05) is 25.2 Å². The third-order valence-corrected chi connectivity index (χ3v) is 7.27. The molecule has 39 heavy (non-hydrogen) atoms. The Morgan fingerprint density at radius 1 is 0.974 bits per heavy atom. The molecule has 0 bridgehead atoms. The summed E-state index contributed by atoms with van der Waals surface area (Å²) in [6.45, 7) is 9.08. The number of ether oxygens (including phenoxy) is 3. The Morgan fingerprint density at radius 3 is 2.31 bits per heavy atom. The molecule has 0 radical (unpaired) electrons. The Morgan fingerprint density at radius 2 is 1.67 bits per heavy atom. The van der Waals surface area contributed by atoms with Crippen molar-refractivity contribution in [3.63, 3.8) is 0 Å². The maximum Gasteiger partial charge on any atom is 0.300 e. The average molecular weight is 528 g/mol. The van der Waals surface area contributed by atoms with E-state index in [0.717, 1.165) is 17.5 Å². The number of amides is 1. The summed E-state index contributed by atoms with van der Waals surface area (Å²) in [6.07, 6.45) is 0.847. The first-order valence-corrected chi connectivity index (χ1v) is 13.1. The van der Waals surface area contributed by atoms with Gasteiger partial charge in [0.05, 0.1) is 24.3 Å². The van der Waals surface area contributed by atoms with Gasteiger partial charge in [0, 0.05) is 11.8 Å². The summed E-state index contributed by atoms with van der Waals surface area (Å²) in [5.41, 5.74) is 3.40. The Balaban J connectivity index is 1.73. The third-order valence-electron chi connectivity index (χ3n) is 7.27. The maximum absolute atomic E-state index is 13.7. The number of aliphatic hydroxyl groups excluding tert-OH is 1. The molecule has 1 amide bonds. The van der Waals surface area contributed by atoms with Crippen LogP contribution < -0.4 is 19.1 Å². The molecule has 1 atom stereocenters. The lowest BCUT2D eigenvalue weighted by atomic mass is 9.85. The molecule has 0 aliphatic carbocycles. The number of anilines is 1. The van der Waals surface area contributed by atoms with E-state index in [2.05, 4.69) is 27.7 Å². The van der Waals surface area contributed by atoms with Crippen molar-refractivity contribution in [1.29, 1.82) is 0 Å². The van der Waals surface area contributed by atoms with Gasteiger partial charge >= 0.3 is 0 Å². The van der Waals surface area contributed by atoms with Crippen molar-refractivity contribution in [1.82, 2.24) is 0 Å². The molecular formula is C32H33NO6. The lowest BCUT2D eigenvalue weighted by Crippen LogP contribution is -2.29. The zero-order valence-corrected chi connectivity index (χ0v) is 22.9. The molecular weight excluding hydrogens is 494 g/mol. The van der Waals surface area contributed by atoms with Gasteiger partial charge in [-0.2, -0.15) is 0 Å². The molecule has 1 unspecified atom stereocenters. The number of carbonyl (C=O) groups is 2. The summed E-state index contributed by atoms with van der Waals surface area (Å²) in [4.78, 5) is 28.7. The summed E-state index contributed by atoms with van der Waals surface area (Å²) in [5, 5.41) is 11.8. The fraction of sp³-hybridized carbons (Fsp3) is 0.312. The molecule has 1 saturated heterocycles. The van der Waals surface area contributed by atoms with Gasteiger partial charge in [-0.15, -0.1) is 0 Å². The second kappa shape index (κ2) is 10.1. The highest BCUT2D eigenvalue weighted by molar-refractivity contribution is 6.51. The number of hydrogen-bond acceptors (Lipinski definition) is 6. The Labute approximate surface area is 228 Å². The standard InChI is InChI=1S/C32H33NO6/c1-6-19-7-9-20(10-8-19)28-27(29(34)23-17-21(32(2,3)4)11-13-24(23)37-5)30(35)31(36)33(28)22-12-14-25-26(18-22)39-16-15-38-25/h7-14,17-18,28,34H,6,15-16H2,1-5H3/b29-27+. The van der Waals surface area contributed by atoms with Crippen molar-refractivity contribution in [3.8, 4) is 17.2 Å². The van der Waals surface area contributed by atoms with Crippen LogP contribution in [0, 0.1) is 0 Å². The smallest absolute Gasteiger partial charge is 0.300 e. The normalized spacial score (nSPS) is 18.4. The van der Waals surface area contributed by atoms with Crippen LogP contribution in [0.15, 0.2) is 66.2 Å². The highest BCUT2D eigenvalue weighted by atomic mass is 16.6. The van der Waals surface area contributed by atoms with E-state index in [9.17, 15) is 14.7 Å². The van der Waals surface area contributed by atoms with Crippen LogP contribution in [0.2, 0.25) is 0 Å². The quantitative estimate of drug-likeness (QED) is 0.251. The number of aliphatic hydroxyl groups is 1. The second-order valence-corrected chi connectivity index (χ2v) is 10.8. The second-order valence-electron chi connectivity index (χ2n) is 10.8. The van der Waals surface area contributed by atoms with Gasteiger partial charge in [0.1, 0.15) is 24.7 Å². The molecule has 7 nitrogen and oxygen atoms in total. The van der Waals surface area contributed by atoms with E-state index < -0.39 is 17.7 Å². The summed E-state index contributed by atoms with van der Waals surface area (Å²) < 4.78 is 17.0. The molecule has 2 aliphatic rings. The van der Waals surface area contributed by atoms with Crippen LogP contribution in [0.1, 0.15) is 56.0 Å². The number of carbonyl (C=O) groups excluding carboxylic acids is 2. The largest absolute Gasteiger partial charge is 0.507 e. The number of methoxy groups -OCH3 is 1. The van der Waals surface area contributed by atoms with E-state index in [1.807, 2.05) is 36.4 Å². The highest BCUT2D eigenvalue weighted by Crippen LogP contribution is 2.45. The molecule has 0 aromatic heterocycles. The molecule has 1 N–H and O–H groups in total. The van der Waals surface area contributed by atoms with Gasteiger partial charge in [-0.1, -0.05) is 58.0 Å². The van der Waals surface area contributed by atoms with Gasteiger partial charge < -0.3 is 19.3 Å². The third kappa shape index (κ3) is 4.73. The molecule has 5 rings (SSSR count). The first-order chi connectivity index (χ1) is 18.6. The minimum atomic E-state index is -0.860. The van der Waals surface area contributed by atoms with Crippen LogP contribution in [0.4, 0.5) is 5.69 Å². The van der Waals surface area contributed by atoms with E-state index in [-0.39, 0.29) is 16.7 Å². The number of aryl methyl sites for hydroxylation is 1. The minimum Gasteiger partial charge on any atom is -0.507 e. The summed E-state index contributed by atoms with van der Waals surface area (Å²) in [7, 11) is 1.51. The Hall–Kier alpha value is -4.26. The van der Waals surface area contributed by atoms with Crippen molar-refractivity contribution in [2.45, 2.75) is 45.6 Å². The van der Waals surface area contributed by atoms with Crippen molar-refractivity contribution < 1.29 is 28.9 Å². The fourth-order valence-corrected chi connectivity index (χ4v) is 5.04. The Bertz CT molecular complexity index is 1460. The molecule has 7 heteroatoms. The molecule has 0 spiro atoms. The van der Waals surface area contributed by atoms with E-state index >= 15 is 0 Å². The van der Waals surface area contributed by atoms with Crippen molar-refractivity contribution in [3.05, 3.63) is 88.5 Å². The van der Waals surface area contributed by atoms with Crippen molar-refractivity contribution in [2.24, 2.45) is 0 Å². The summed E-state index contributed by atoms with van der Waals surface area (Å²) in [6, 6.07) is 17.6. The van der Waals surface area contributed by atoms with Gasteiger partial charge in [0.15, 0.2) is 11.5 Å². The number of fused-ring (bicyclic) bond motifs is 1. The van der Waals surface area contributed by atoms with E-state index in [1.54, 1.807) is 24.3 Å². The molecule has 3 aromatic carbocycles. The fourth-order valence-electron chi connectivity index (χ4n) is 5.04. The number of nitrogens with zero attached hydrogens (tertiary/aromatic N) is 1. The number of ketones is 1. The minimum absolute atomic E-state index is 0.00324. The lowest BCUT2D eigenvalue weighted by Gasteiger charge is -2.27. The van der Waals surface area contributed by atoms with Crippen LogP contribution in [0.3, 0.4) is 0 Å². The van der Waals surface area contributed by atoms with Crippen LogP contribution in [-0.2, 0) is 21.4 Å². The van der Waals surface area contributed by atoms with Gasteiger partial charge in [0.2, 0.25) is 0 Å². The van der Waals surface area contributed by atoms with E-state index in [4.69, 9.17) is 14.2 Å². The molecule has 202 valence electrons. The Kier molecular flexibility index (Phi) is 6.85. The highest BCUT2D eigenvalue weighted by Gasteiger charge is 2.47. The van der Waals surface area contributed by atoms with E-state index in [0.29, 0.717) is 47.3 Å². The molecule has 0 saturated carbocycles. The van der Waals surface area contributed by atoms with Crippen molar-refractivity contribution >= 4 is 23.1 Å². The molecule has 1 fully saturated rings. The topological polar surface area (TPSA) is 85.3 Å². The van der Waals surface area contributed by atoms with E-state index in [1.165, 1.54) is 12.0 Å². The first kappa shape index (κ1) is 26.4. The van der Waals surface area contributed by atoms with Crippen LogP contribution >= 0.6 is 0 Å². The SMILES string of the molecule is CCc1ccc(C2/C(=C(\O)c3cc(C(C)(C)C)ccc3OC)C(=O)C(=O)N2c2ccc3c(c2)OCCO3)cc1. The van der Waals surface area contributed by atoms with Gasteiger partial charge in [0.25, 0.3) is 11.7 Å². The number of rotatable bonds is 5. The monoisotopic (exact) mass is 527 g/mol. The van der Waals surface area contributed by atoms with Gasteiger partial charge in [-0.25, -0.2) is 0 Å².